The summed E-state index contributed by atoms with van der Waals surface area (Å²) >= 11 is 0. The Bertz CT molecular complexity index is 680. The van der Waals surface area contributed by atoms with Gasteiger partial charge in [0.1, 0.15) is 5.76 Å². The Morgan fingerprint density at radius 3 is 2.82 bits per heavy atom. The van der Waals surface area contributed by atoms with E-state index in [4.69, 9.17) is 10.2 Å². The third-order valence-electron chi connectivity index (χ3n) is 4.15. The molecule has 1 amide bonds. The van der Waals surface area contributed by atoms with Crippen molar-refractivity contribution in [3.05, 3.63) is 53.5 Å². The number of nitrogens with zero attached hydrogens (tertiary/aromatic N) is 2. The molecule has 0 radical (unpaired) electrons. The van der Waals surface area contributed by atoms with E-state index in [0.29, 0.717) is 24.6 Å². The molecule has 1 aromatic heterocycles. The molecule has 1 aromatic carbocycles. The largest absolute Gasteiger partial charge is 0.455 e. The minimum Gasteiger partial charge on any atom is -0.455 e. The van der Waals surface area contributed by atoms with Gasteiger partial charge in [-0.15, -0.1) is 0 Å². The molecule has 1 aliphatic heterocycles. The fraction of sp³-hybridized carbons (Fsp3) is 0.353. The number of fused-ring (bicyclic) bond motifs is 1. The molecule has 0 saturated carbocycles. The molecule has 22 heavy (non-hydrogen) atoms. The van der Waals surface area contributed by atoms with Crippen LogP contribution in [0.4, 0.5) is 5.69 Å². The number of para-hydroxylation sites is 1. The first kappa shape index (κ1) is 14.7. The topological polar surface area (TPSA) is 62.7 Å². The molecule has 2 heterocycles. The lowest BCUT2D eigenvalue weighted by molar-refractivity contribution is 0.0652. The van der Waals surface area contributed by atoms with Crippen LogP contribution in [-0.4, -0.2) is 30.4 Å². The normalized spacial score (nSPS) is 18.0. The summed E-state index contributed by atoms with van der Waals surface area (Å²) in [5, 5.41) is 0. The van der Waals surface area contributed by atoms with Crippen molar-refractivity contribution >= 4 is 11.6 Å². The molecule has 0 fully saturated rings. The van der Waals surface area contributed by atoms with E-state index in [1.165, 1.54) is 5.69 Å². The molecule has 3 rings (SSSR count). The first-order chi connectivity index (χ1) is 10.6. The summed E-state index contributed by atoms with van der Waals surface area (Å²) in [6.07, 6.45) is 0. The number of carbonyl (C=O) groups excluding carboxylic acids is 1. The van der Waals surface area contributed by atoms with Gasteiger partial charge in [-0.1, -0.05) is 18.2 Å². The van der Waals surface area contributed by atoms with Crippen molar-refractivity contribution in [3.8, 4) is 0 Å². The number of rotatable bonds is 2. The lowest BCUT2D eigenvalue weighted by Gasteiger charge is -2.27. The van der Waals surface area contributed by atoms with Crippen LogP contribution in [0.2, 0.25) is 0 Å². The summed E-state index contributed by atoms with van der Waals surface area (Å²) in [7, 11) is 2.06. The van der Waals surface area contributed by atoms with Gasteiger partial charge in [0.25, 0.3) is 5.91 Å². The van der Waals surface area contributed by atoms with E-state index >= 15 is 0 Å². The standard InChI is InChI=1S/C17H21N3O2/c1-12-10-19(2)15-6-4-3-5-13(15)11-20(12)17(21)16-8-7-14(9-18)22-16/h3-8,12H,9-11,18H2,1-2H3/t12-/m1/s1. The smallest absolute Gasteiger partial charge is 0.290 e. The van der Waals surface area contributed by atoms with Crippen LogP contribution in [0.1, 0.15) is 28.8 Å². The van der Waals surface area contributed by atoms with Gasteiger partial charge in [-0.2, -0.15) is 0 Å². The molecule has 116 valence electrons. The zero-order chi connectivity index (χ0) is 15.7. The summed E-state index contributed by atoms with van der Waals surface area (Å²) in [6, 6.07) is 11.7. The number of furan rings is 1. The molecule has 2 aromatic rings. The molecule has 0 bridgehead atoms. The fourth-order valence-electron chi connectivity index (χ4n) is 2.97. The highest BCUT2D eigenvalue weighted by molar-refractivity contribution is 5.92. The van der Waals surface area contributed by atoms with Crippen molar-refractivity contribution in [1.82, 2.24) is 4.90 Å². The van der Waals surface area contributed by atoms with Gasteiger partial charge in [0.2, 0.25) is 0 Å². The van der Waals surface area contributed by atoms with Gasteiger partial charge in [0.15, 0.2) is 5.76 Å². The Kier molecular flexibility index (Phi) is 3.90. The van der Waals surface area contributed by atoms with E-state index in [9.17, 15) is 4.79 Å². The first-order valence-electron chi connectivity index (χ1n) is 7.49. The number of anilines is 1. The zero-order valence-corrected chi connectivity index (χ0v) is 13.0. The predicted molar refractivity (Wildman–Crippen MR) is 85.6 cm³/mol. The van der Waals surface area contributed by atoms with Crippen LogP contribution in [0.15, 0.2) is 40.8 Å². The van der Waals surface area contributed by atoms with Gasteiger partial charge in [-0.25, -0.2) is 0 Å². The van der Waals surface area contributed by atoms with Crippen LogP contribution in [0, 0.1) is 0 Å². The summed E-state index contributed by atoms with van der Waals surface area (Å²) < 4.78 is 5.52. The van der Waals surface area contributed by atoms with Crippen molar-refractivity contribution in [2.45, 2.75) is 26.1 Å². The van der Waals surface area contributed by atoms with Crippen LogP contribution >= 0.6 is 0 Å². The molecule has 0 saturated heterocycles. The molecule has 0 spiro atoms. The van der Waals surface area contributed by atoms with Gasteiger partial charge in [0, 0.05) is 31.9 Å². The summed E-state index contributed by atoms with van der Waals surface area (Å²) in [5.41, 5.74) is 7.87. The summed E-state index contributed by atoms with van der Waals surface area (Å²) in [4.78, 5) is 16.8. The molecule has 0 aliphatic carbocycles. The maximum absolute atomic E-state index is 12.8. The maximum atomic E-state index is 12.8. The Balaban J connectivity index is 1.91. The average molecular weight is 299 g/mol. The number of amides is 1. The SMILES string of the molecule is C[C@@H]1CN(C)c2ccccc2CN1C(=O)c1ccc(CN)o1. The van der Waals surface area contributed by atoms with Crippen LogP contribution in [0.25, 0.3) is 0 Å². The van der Waals surface area contributed by atoms with Crippen LogP contribution in [0.5, 0.6) is 0 Å². The highest BCUT2D eigenvalue weighted by atomic mass is 16.4. The van der Waals surface area contributed by atoms with Crippen molar-refractivity contribution in [3.63, 3.8) is 0 Å². The number of carbonyl (C=O) groups is 1. The number of nitrogens with two attached hydrogens (primary N) is 1. The lowest BCUT2D eigenvalue weighted by Crippen LogP contribution is -2.41. The highest BCUT2D eigenvalue weighted by Crippen LogP contribution is 2.27. The third-order valence-corrected chi connectivity index (χ3v) is 4.15. The minimum atomic E-state index is -0.0858. The Labute approximate surface area is 130 Å². The second-order valence-corrected chi connectivity index (χ2v) is 5.76. The second-order valence-electron chi connectivity index (χ2n) is 5.76. The quantitative estimate of drug-likeness (QED) is 0.923. The van der Waals surface area contributed by atoms with Gasteiger partial charge in [-0.3, -0.25) is 4.79 Å². The molecule has 5 nitrogen and oxygen atoms in total. The third kappa shape index (κ3) is 2.60. The molecule has 5 heteroatoms. The molecule has 2 N–H and O–H groups in total. The Morgan fingerprint density at radius 2 is 2.09 bits per heavy atom. The van der Waals surface area contributed by atoms with Gasteiger partial charge in [-0.05, 0) is 30.7 Å². The van der Waals surface area contributed by atoms with Crippen LogP contribution in [-0.2, 0) is 13.1 Å². The molecular weight excluding hydrogens is 278 g/mol. The summed E-state index contributed by atoms with van der Waals surface area (Å²) in [5.74, 6) is 0.898. The van der Waals surface area contributed by atoms with Crippen LogP contribution in [0.3, 0.4) is 0 Å². The van der Waals surface area contributed by atoms with Gasteiger partial charge in [0.05, 0.1) is 6.54 Å². The molecule has 0 unspecified atom stereocenters. The van der Waals surface area contributed by atoms with E-state index in [0.717, 1.165) is 12.1 Å². The molecular formula is C17H21N3O2. The van der Waals surface area contributed by atoms with Gasteiger partial charge >= 0.3 is 0 Å². The van der Waals surface area contributed by atoms with E-state index in [1.807, 2.05) is 17.0 Å². The Hall–Kier alpha value is -2.27. The van der Waals surface area contributed by atoms with Crippen molar-refractivity contribution in [2.24, 2.45) is 5.73 Å². The highest BCUT2D eigenvalue weighted by Gasteiger charge is 2.29. The van der Waals surface area contributed by atoms with Crippen molar-refractivity contribution in [1.29, 1.82) is 0 Å². The fourth-order valence-corrected chi connectivity index (χ4v) is 2.97. The number of likely N-dealkylation sites (N-methyl/N-ethyl adjacent to an activating group) is 1. The second kappa shape index (κ2) is 5.85. The zero-order valence-electron chi connectivity index (χ0n) is 13.0. The number of hydrogen-bond acceptors (Lipinski definition) is 4. The predicted octanol–water partition coefficient (Wildman–Crippen LogP) is 2.22. The van der Waals surface area contributed by atoms with Crippen molar-refractivity contribution in [2.75, 3.05) is 18.5 Å². The van der Waals surface area contributed by atoms with E-state index in [-0.39, 0.29) is 11.9 Å². The monoisotopic (exact) mass is 299 g/mol. The minimum absolute atomic E-state index is 0.0858. The lowest BCUT2D eigenvalue weighted by atomic mass is 10.1. The van der Waals surface area contributed by atoms with E-state index in [2.05, 4.69) is 31.0 Å². The molecule has 1 atom stereocenters. The number of hydrogen-bond donors (Lipinski definition) is 1. The number of benzene rings is 1. The maximum Gasteiger partial charge on any atom is 0.290 e. The van der Waals surface area contributed by atoms with Crippen molar-refractivity contribution < 1.29 is 9.21 Å². The van der Waals surface area contributed by atoms with Gasteiger partial charge < -0.3 is 20.0 Å². The van der Waals surface area contributed by atoms with E-state index in [1.54, 1.807) is 12.1 Å². The molecule has 1 aliphatic rings. The average Bonchev–Trinajstić information content (AvgIpc) is 2.96. The Morgan fingerprint density at radius 1 is 1.32 bits per heavy atom. The summed E-state index contributed by atoms with van der Waals surface area (Å²) in [6.45, 7) is 3.73. The van der Waals surface area contributed by atoms with E-state index < -0.39 is 0 Å². The first-order valence-corrected chi connectivity index (χ1v) is 7.49. The van der Waals surface area contributed by atoms with Crippen LogP contribution < -0.4 is 10.6 Å².